The van der Waals surface area contributed by atoms with Crippen LogP contribution in [0.3, 0.4) is 0 Å². The minimum Gasteiger partial charge on any atom is -0.377 e. The van der Waals surface area contributed by atoms with Crippen LogP contribution in [0.4, 0.5) is 4.39 Å². The van der Waals surface area contributed by atoms with Crippen molar-refractivity contribution in [3.8, 4) is 0 Å². The van der Waals surface area contributed by atoms with Crippen molar-refractivity contribution < 1.29 is 14.3 Å². The molecule has 2 atom stereocenters. The van der Waals surface area contributed by atoms with Gasteiger partial charge in [-0.3, -0.25) is 4.79 Å². The van der Waals surface area contributed by atoms with E-state index in [1.54, 1.807) is 78.9 Å². The number of carbonyl (C=O) groups is 1. The third kappa shape index (κ3) is 3.48. The van der Waals surface area contributed by atoms with Gasteiger partial charge in [-0.1, -0.05) is 88.2 Å². The summed E-state index contributed by atoms with van der Waals surface area (Å²) in [5.74, 6) is -0.751. The average Bonchev–Trinajstić information content (AvgIpc) is 2.68. The monoisotopic (exact) mass is 412 g/mol. The number of rotatable bonds is 5. The zero-order valence-electron chi connectivity index (χ0n) is 14.2. The standard InChI is InChI=1S/C22H18BrFO2/c1-15-7-9-16(10-8-15)20(25)21(24)22(26,17-5-3-2-4-6-17)18-11-13-19(23)14-12-18/h2-14,21,26H,1H3. The van der Waals surface area contributed by atoms with Crippen LogP contribution >= 0.6 is 15.9 Å². The molecule has 0 fully saturated rings. The molecule has 0 radical (unpaired) electrons. The van der Waals surface area contributed by atoms with E-state index >= 15 is 4.39 Å². The molecule has 0 saturated carbocycles. The minimum atomic E-state index is -2.14. The number of alkyl halides is 1. The fourth-order valence-corrected chi connectivity index (χ4v) is 3.17. The average molecular weight is 413 g/mol. The van der Waals surface area contributed by atoms with Crippen LogP contribution in [0.2, 0.25) is 0 Å². The maximum atomic E-state index is 15.5. The Morgan fingerprint density at radius 1 is 0.923 bits per heavy atom. The second-order valence-corrected chi connectivity index (χ2v) is 7.15. The number of hydrogen-bond donors (Lipinski definition) is 1. The van der Waals surface area contributed by atoms with Crippen molar-refractivity contribution in [3.63, 3.8) is 0 Å². The van der Waals surface area contributed by atoms with Crippen LogP contribution in [-0.2, 0) is 5.60 Å². The highest BCUT2D eigenvalue weighted by molar-refractivity contribution is 9.10. The number of benzene rings is 3. The summed E-state index contributed by atoms with van der Waals surface area (Å²) in [4.78, 5) is 12.8. The van der Waals surface area contributed by atoms with Crippen molar-refractivity contribution in [2.75, 3.05) is 0 Å². The van der Waals surface area contributed by atoms with Crippen LogP contribution in [0.25, 0.3) is 0 Å². The van der Waals surface area contributed by atoms with Crippen LogP contribution in [0.15, 0.2) is 83.3 Å². The van der Waals surface area contributed by atoms with Crippen LogP contribution in [0.5, 0.6) is 0 Å². The van der Waals surface area contributed by atoms with Gasteiger partial charge in [0.05, 0.1) is 0 Å². The molecule has 0 aliphatic heterocycles. The van der Waals surface area contributed by atoms with Gasteiger partial charge in [0.2, 0.25) is 5.78 Å². The van der Waals surface area contributed by atoms with Crippen molar-refractivity contribution >= 4 is 21.7 Å². The van der Waals surface area contributed by atoms with Crippen molar-refractivity contribution in [1.29, 1.82) is 0 Å². The van der Waals surface area contributed by atoms with E-state index in [4.69, 9.17) is 0 Å². The molecule has 132 valence electrons. The Labute approximate surface area is 160 Å². The lowest BCUT2D eigenvalue weighted by molar-refractivity contribution is 0.00252. The molecular weight excluding hydrogens is 395 g/mol. The molecule has 1 N–H and O–H groups in total. The Bertz CT molecular complexity index is 892. The second-order valence-electron chi connectivity index (χ2n) is 6.23. The SMILES string of the molecule is Cc1ccc(C(=O)C(F)C(O)(c2ccccc2)c2ccc(Br)cc2)cc1. The Morgan fingerprint density at radius 3 is 2.04 bits per heavy atom. The van der Waals surface area contributed by atoms with Gasteiger partial charge in [0.1, 0.15) is 0 Å². The van der Waals surface area contributed by atoms with E-state index in [0.717, 1.165) is 10.0 Å². The molecule has 3 aromatic rings. The Balaban J connectivity index is 2.09. The first-order chi connectivity index (χ1) is 12.4. The Morgan fingerprint density at radius 2 is 1.46 bits per heavy atom. The van der Waals surface area contributed by atoms with Crippen molar-refractivity contribution in [1.82, 2.24) is 0 Å². The maximum absolute atomic E-state index is 15.5. The first-order valence-electron chi connectivity index (χ1n) is 8.22. The molecule has 0 amide bonds. The summed E-state index contributed by atoms with van der Waals surface area (Å²) in [6.07, 6.45) is -2.14. The molecular formula is C22H18BrFO2. The molecule has 3 rings (SSSR count). The van der Waals surface area contributed by atoms with E-state index in [1.807, 2.05) is 6.92 Å². The van der Waals surface area contributed by atoms with Gasteiger partial charge in [0.25, 0.3) is 0 Å². The quantitative estimate of drug-likeness (QED) is 0.583. The van der Waals surface area contributed by atoms with Crippen molar-refractivity contribution in [3.05, 3.63) is 106 Å². The molecule has 26 heavy (non-hydrogen) atoms. The largest absolute Gasteiger partial charge is 0.377 e. The van der Waals surface area contributed by atoms with Crippen LogP contribution in [-0.4, -0.2) is 17.1 Å². The predicted molar refractivity (Wildman–Crippen MR) is 104 cm³/mol. The van der Waals surface area contributed by atoms with Crippen LogP contribution < -0.4 is 0 Å². The van der Waals surface area contributed by atoms with E-state index < -0.39 is 17.6 Å². The van der Waals surface area contributed by atoms with Crippen molar-refractivity contribution in [2.45, 2.75) is 18.7 Å². The second kappa shape index (κ2) is 7.52. The molecule has 2 nitrogen and oxygen atoms in total. The van der Waals surface area contributed by atoms with Gasteiger partial charge in [-0.05, 0) is 30.2 Å². The van der Waals surface area contributed by atoms with Crippen LogP contribution in [0, 0.1) is 6.92 Å². The topological polar surface area (TPSA) is 37.3 Å². The molecule has 0 spiro atoms. The molecule has 0 bridgehead atoms. The number of Topliss-reactive ketones (excluding diaryl/α,β-unsaturated/α-hetero) is 1. The van der Waals surface area contributed by atoms with Gasteiger partial charge in [-0.15, -0.1) is 0 Å². The van der Waals surface area contributed by atoms with Gasteiger partial charge < -0.3 is 5.11 Å². The Kier molecular flexibility index (Phi) is 5.35. The lowest BCUT2D eigenvalue weighted by Crippen LogP contribution is -2.43. The molecule has 2 unspecified atom stereocenters. The molecule has 0 saturated heterocycles. The summed E-state index contributed by atoms with van der Waals surface area (Å²) in [5.41, 5.74) is -0.225. The number of halogens is 2. The first-order valence-corrected chi connectivity index (χ1v) is 9.01. The van der Waals surface area contributed by atoms with E-state index in [2.05, 4.69) is 15.9 Å². The Hall–Kier alpha value is -2.30. The third-order valence-electron chi connectivity index (χ3n) is 4.43. The van der Waals surface area contributed by atoms with E-state index in [1.165, 1.54) is 0 Å². The molecule has 4 heteroatoms. The van der Waals surface area contributed by atoms with Gasteiger partial charge in [-0.2, -0.15) is 0 Å². The highest BCUT2D eigenvalue weighted by Crippen LogP contribution is 2.37. The highest BCUT2D eigenvalue weighted by Gasteiger charge is 2.45. The van der Waals surface area contributed by atoms with Crippen LogP contribution in [0.1, 0.15) is 27.0 Å². The first kappa shape index (κ1) is 18.5. The summed E-state index contributed by atoms with van der Waals surface area (Å²) < 4.78 is 16.3. The molecule has 0 heterocycles. The smallest absolute Gasteiger partial charge is 0.200 e. The number of ketones is 1. The predicted octanol–water partition coefficient (Wildman–Crippen LogP) is 5.21. The molecule has 0 aliphatic carbocycles. The van der Waals surface area contributed by atoms with E-state index in [-0.39, 0.29) is 5.56 Å². The minimum absolute atomic E-state index is 0.231. The van der Waals surface area contributed by atoms with Gasteiger partial charge in [-0.25, -0.2) is 4.39 Å². The summed E-state index contributed by atoms with van der Waals surface area (Å²) in [6.45, 7) is 1.89. The van der Waals surface area contributed by atoms with Gasteiger partial charge in [0.15, 0.2) is 11.8 Å². The lowest BCUT2D eigenvalue weighted by atomic mass is 9.79. The number of aliphatic hydroxyl groups is 1. The number of aryl methyl sites for hydroxylation is 1. The summed E-state index contributed by atoms with van der Waals surface area (Å²) in [7, 11) is 0. The third-order valence-corrected chi connectivity index (χ3v) is 4.96. The molecule has 0 aromatic heterocycles. The molecule has 3 aromatic carbocycles. The van der Waals surface area contributed by atoms with Gasteiger partial charge >= 0.3 is 0 Å². The lowest BCUT2D eigenvalue weighted by Gasteiger charge is -2.32. The van der Waals surface area contributed by atoms with Gasteiger partial charge in [0, 0.05) is 10.0 Å². The molecule has 0 aliphatic rings. The van der Waals surface area contributed by atoms with Crippen molar-refractivity contribution in [2.24, 2.45) is 0 Å². The summed E-state index contributed by atoms with van der Waals surface area (Å²) >= 11 is 3.34. The zero-order valence-corrected chi connectivity index (χ0v) is 15.8. The number of hydrogen-bond acceptors (Lipinski definition) is 2. The summed E-state index contributed by atoms with van der Waals surface area (Å²) in [6, 6.07) is 21.8. The number of carbonyl (C=O) groups excluding carboxylic acids is 1. The summed E-state index contributed by atoms with van der Waals surface area (Å²) in [5, 5.41) is 11.4. The van der Waals surface area contributed by atoms with E-state index in [0.29, 0.717) is 11.1 Å². The maximum Gasteiger partial charge on any atom is 0.200 e. The fraction of sp³-hybridized carbons (Fsp3) is 0.136. The highest BCUT2D eigenvalue weighted by atomic mass is 79.9. The normalized spacial score (nSPS) is 14.5. The van der Waals surface area contributed by atoms with E-state index in [9.17, 15) is 9.90 Å². The zero-order chi connectivity index (χ0) is 18.7. The fourth-order valence-electron chi connectivity index (χ4n) is 2.91.